The lowest BCUT2D eigenvalue weighted by Gasteiger charge is -2.24. The molecule has 8 nitrogen and oxygen atoms in total. The van der Waals surface area contributed by atoms with Gasteiger partial charge in [0.2, 0.25) is 5.91 Å². The van der Waals surface area contributed by atoms with Gasteiger partial charge in [-0.05, 0) is 37.1 Å². The van der Waals surface area contributed by atoms with E-state index in [0.717, 1.165) is 18.6 Å². The first-order chi connectivity index (χ1) is 14.6. The fourth-order valence-electron chi connectivity index (χ4n) is 3.01. The van der Waals surface area contributed by atoms with Gasteiger partial charge in [0.25, 0.3) is 5.56 Å². The van der Waals surface area contributed by atoms with Gasteiger partial charge < -0.3 is 16.0 Å². The molecule has 0 spiro atoms. The quantitative estimate of drug-likeness (QED) is 0.554. The van der Waals surface area contributed by atoms with Gasteiger partial charge in [-0.25, -0.2) is 4.79 Å². The molecule has 11 heteroatoms. The molecule has 31 heavy (non-hydrogen) atoms. The number of hydrogen-bond donors (Lipinski definition) is 3. The predicted molar refractivity (Wildman–Crippen MR) is 113 cm³/mol. The number of benzene rings is 1. The van der Waals surface area contributed by atoms with Crippen molar-refractivity contribution in [3.8, 4) is 0 Å². The molecule has 0 unspecified atom stereocenters. The minimum Gasteiger partial charge on any atom is -0.383 e. The predicted octanol–water partition coefficient (Wildman–Crippen LogP) is 2.79. The maximum absolute atomic E-state index is 12.9. The maximum atomic E-state index is 12.9. The summed E-state index contributed by atoms with van der Waals surface area (Å²) in [6, 6.07) is 4.25. The van der Waals surface area contributed by atoms with E-state index in [1.807, 2.05) is 13.8 Å². The number of hydrogen-bond acceptors (Lipinski definition) is 5. The van der Waals surface area contributed by atoms with E-state index in [1.165, 1.54) is 21.6 Å². The molecule has 0 aliphatic rings. The third-order valence-electron chi connectivity index (χ3n) is 4.62. The summed E-state index contributed by atoms with van der Waals surface area (Å²) in [5.41, 5.74) is 4.05. The molecule has 4 N–H and O–H groups in total. The van der Waals surface area contributed by atoms with Crippen molar-refractivity contribution < 1.29 is 18.0 Å². The Bertz CT molecular complexity index is 1010. The van der Waals surface area contributed by atoms with Crippen molar-refractivity contribution >= 4 is 23.1 Å². The van der Waals surface area contributed by atoms with Gasteiger partial charge in [-0.3, -0.25) is 19.1 Å². The number of unbranched alkanes of at least 4 members (excludes halogenated alkanes) is 1. The third kappa shape index (κ3) is 5.89. The second kappa shape index (κ2) is 10.2. The molecule has 1 aromatic heterocycles. The van der Waals surface area contributed by atoms with Crippen LogP contribution in [-0.2, 0) is 17.5 Å². The number of nitrogen functional groups attached to an aromatic ring is 1. The molecule has 2 rings (SSSR count). The summed E-state index contributed by atoms with van der Waals surface area (Å²) >= 11 is 0. The number of nitrogens with two attached hydrogens (primary N) is 1. The second-order valence-electron chi connectivity index (χ2n) is 6.97. The van der Waals surface area contributed by atoms with Crippen LogP contribution >= 0.6 is 0 Å². The van der Waals surface area contributed by atoms with E-state index in [9.17, 15) is 27.6 Å². The van der Waals surface area contributed by atoms with Gasteiger partial charge in [-0.15, -0.1) is 0 Å². The van der Waals surface area contributed by atoms with E-state index in [2.05, 4.69) is 10.3 Å². The Hall–Kier alpha value is -3.24. The number of aromatic nitrogens is 2. The Balaban J connectivity index is 2.28. The summed E-state index contributed by atoms with van der Waals surface area (Å²) in [7, 11) is 0. The average Bonchev–Trinajstić information content (AvgIpc) is 2.71. The van der Waals surface area contributed by atoms with Crippen molar-refractivity contribution in [3.63, 3.8) is 0 Å². The van der Waals surface area contributed by atoms with Crippen LogP contribution in [0.4, 0.5) is 30.4 Å². The Kier molecular flexibility index (Phi) is 7.89. The summed E-state index contributed by atoms with van der Waals surface area (Å²) in [4.78, 5) is 40.8. The molecule has 1 amide bonds. The molecule has 0 bridgehead atoms. The standard InChI is InChI=1S/C20H26F3N5O3/c1-3-5-11-27(16-17(24)28(10-4-2)19(31)26-18(16)30)15(29)12-25-14-8-6-13(7-9-14)20(21,22)23/h6-9,25H,3-5,10-12,24H2,1-2H3,(H,26,30,31). The highest BCUT2D eigenvalue weighted by molar-refractivity contribution is 5.98. The zero-order valence-electron chi connectivity index (χ0n) is 17.4. The lowest BCUT2D eigenvalue weighted by Crippen LogP contribution is -2.43. The average molecular weight is 441 g/mol. The largest absolute Gasteiger partial charge is 0.416 e. The summed E-state index contributed by atoms with van der Waals surface area (Å²) in [5, 5.41) is 2.76. The van der Waals surface area contributed by atoms with Crippen LogP contribution in [0.3, 0.4) is 0 Å². The van der Waals surface area contributed by atoms with Crippen LogP contribution in [0.5, 0.6) is 0 Å². The fourth-order valence-corrected chi connectivity index (χ4v) is 3.01. The van der Waals surface area contributed by atoms with Crippen LogP contribution in [0.15, 0.2) is 33.9 Å². The van der Waals surface area contributed by atoms with Crippen molar-refractivity contribution in [3.05, 3.63) is 50.7 Å². The van der Waals surface area contributed by atoms with Gasteiger partial charge in [0.05, 0.1) is 12.1 Å². The Morgan fingerprint density at radius 3 is 2.35 bits per heavy atom. The van der Waals surface area contributed by atoms with Gasteiger partial charge in [-0.1, -0.05) is 20.3 Å². The Labute approximate surface area is 176 Å². The summed E-state index contributed by atoms with van der Waals surface area (Å²) in [6.07, 6.45) is -2.54. The van der Waals surface area contributed by atoms with Crippen molar-refractivity contribution in [1.82, 2.24) is 9.55 Å². The van der Waals surface area contributed by atoms with Crippen LogP contribution in [0, 0.1) is 0 Å². The van der Waals surface area contributed by atoms with Gasteiger partial charge in [0.15, 0.2) is 5.69 Å². The molecule has 1 aromatic carbocycles. The molecule has 2 aromatic rings. The molecule has 0 aliphatic carbocycles. The van der Waals surface area contributed by atoms with Crippen molar-refractivity contribution in [2.75, 3.05) is 29.0 Å². The van der Waals surface area contributed by atoms with Gasteiger partial charge in [0, 0.05) is 18.8 Å². The third-order valence-corrected chi connectivity index (χ3v) is 4.62. The first kappa shape index (κ1) is 24.0. The minimum absolute atomic E-state index is 0.102. The van der Waals surface area contributed by atoms with Crippen LogP contribution < -0.4 is 27.2 Å². The number of amides is 1. The summed E-state index contributed by atoms with van der Waals surface area (Å²) in [5.74, 6) is -0.609. The van der Waals surface area contributed by atoms with Gasteiger partial charge in [-0.2, -0.15) is 13.2 Å². The number of halogens is 3. The zero-order valence-corrected chi connectivity index (χ0v) is 17.4. The lowest BCUT2D eigenvalue weighted by atomic mass is 10.2. The molecule has 0 saturated carbocycles. The van der Waals surface area contributed by atoms with Crippen molar-refractivity contribution in [1.29, 1.82) is 0 Å². The zero-order chi connectivity index (χ0) is 23.2. The van der Waals surface area contributed by atoms with E-state index >= 15 is 0 Å². The highest BCUT2D eigenvalue weighted by Crippen LogP contribution is 2.29. The SMILES string of the molecule is CCCCN(C(=O)CNc1ccc(C(F)(F)F)cc1)c1c(N)n(CCC)c(=O)[nH]c1=O. The lowest BCUT2D eigenvalue weighted by molar-refractivity contribution is -0.137. The number of aromatic amines is 1. The first-order valence-corrected chi connectivity index (χ1v) is 9.94. The van der Waals surface area contributed by atoms with E-state index in [1.54, 1.807) is 0 Å². The molecule has 0 radical (unpaired) electrons. The number of rotatable bonds is 9. The second-order valence-corrected chi connectivity index (χ2v) is 6.97. The van der Waals surface area contributed by atoms with E-state index in [4.69, 9.17) is 5.73 Å². The van der Waals surface area contributed by atoms with Crippen molar-refractivity contribution in [2.24, 2.45) is 0 Å². The van der Waals surface area contributed by atoms with Gasteiger partial charge in [0.1, 0.15) is 5.82 Å². The normalized spacial score (nSPS) is 11.4. The number of carbonyl (C=O) groups excluding carboxylic acids is 1. The maximum Gasteiger partial charge on any atom is 0.416 e. The summed E-state index contributed by atoms with van der Waals surface area (Å²) < 4.78 is 39.3. The van der Waals surface area contributed by atoms with E-state index in [-0.39, 0.29) is 31.1 Å². The van der Waals surface area contributed by atoms with Crippen LogP contribution in [-0.4, -0.2) is 28.5 Å². The molecule has 0 atom stereocenters. The molecule has 1 heterocycles. The topological polar surface area (TPSA) is 113 Å². The van der Waals surface area contributed by atoms with Crippen molar-refractivity contribution in [2.45, 2.75) is 45.8 Å². The molecule has 170 valence electrons. The summed E-state index contributed by atoms with van der Waals surface area (Å²) in [6.45, 7) is 3.94. The number of nitrogens with one attached hydrogen (secondary N) is 2. The molecular weight excluding hydrogens is 415 g/mol. The minimum atomic E-state index is -4.45. The molecular formula is C20H26F3N5O3. The molecule has 0 fully saturated rings. The fraction of sp³-hybridized carbons (Fsp3) is 0.450. The van der Waals surface area contributed by atoms with E-state index in [0.29, 0.717) is 18.5 Å². The molecule has 0 saturated heterocycles. The number of anilines is 3. The van der Waals surface area contributed by atoms with Crippen LogP contribution in [0.25, 0.3) is 0 Å². The number of carbonyl (C=O) groups is 1. The number of alkyl halides is 3. The Morgan fingerprint density at radius 2 is 1.81 bits per heavy atom. The monoisotopic (exact) mass is 441 g/mol. The number of H-pyrrole nitrogens is 1. The first-order valence-electron chi connectivity index (χ1n) is 9.94. The van der Waals surface area contributed by atoms with E-state index < -0.39 is 28.9 Å². The highest BCUT2D eigenvalue weighted by atomic mass is 19.4. The number of nitrogens with zero attached hydrogens (tertiary/aromatic N) is 2. The smallest absolute Gasteiger partial charge is 0.383 e. The van der Waals surface area contributed by atoms with Crippen LogP contribution in [0.2, 0.25) is 0 Å². The molecule has 0 aliphatic heterocycles. The Morgan fingerprint density at radius 1 is 1.16 bits per heavy atom. The van der Waals surface area contributed by atoms with Crippen LogP contribution in [0.1, 0.15) is 38.7 Å². The highest BCUT2D eigenvalue weighted by Gasteiger charge is 2.30. The van der Waals surface area contributed by atoms with Gasteiger partial charge >= 0.3 is 11.9 Å².